The molecule has 1 unspecified atom stereocenters. The fourth-order valence-corrected chi connectivity index (χ4v) is 1.01. The first-order valence-electron chi connectivity index (χ1n) is 4.40. The Kier molecular flexibility index (Phi) is 3.74. The third-order valence-electron chi connectivity index (χ3n) is 1.84. The van der Waals surface area contributed by atoms with Gasteiger partial charge in [-0.15, -0.1) is 0 Å². The highest BCUT2D eigenvalue weighted by molar-refractivity contribution is 5.79. The van der Waals surface area contributed by atoms with Crippen LogP contribution >= 0.6 is 0 Å². The molecule has 2 N–H and O–H groups in total. The van der Waals surface area contributed by atoms with E-state index in [1.807, 2.05) is 0 Å². The van der Waals surface area contributed by atoms with Gasteiger partial charge in [0.05, 0.1) is 0 Å². The number of aliphatic hydroxyl groups excluding tert-OH is 1. The maximum Gasteiger partial charge on any atom is 0.248 e. The van der Waals surface area contributed by atoms with Gasteiger partial charge in [0.15, 0.2) is 0 Å². The van der Waals surface area contributed by atoms with E-state index >= 15 is 0 Å². The Balaban J connectivity index is 2.65. The number of benzene rings is 1. The molecule has 1 atom stereocenters. The van der Waals surface area contributed by atoms with Gasteiger partial charge in [-0.05, 0) is 25.1 Å². The molecule has 5 heteroatoms. The molecule has 0 aliphatic carbocycles. The van der Waals surface area contributed by atoms with Crippen LogP contribution in [0.25, 0.3) is 0 Å². The quantitative estimate of drug-likeness (QED) is 0.789. The zero-order chi connectivity index (χ0) is 11.4. The van der Waals surface area contributed by atoms with E-state index in [0.717, 1.165) is 18.2 Å². The van der Waals surface area contributed by atoms with Crippen molar-refractivity contribution >= 4 is 5.91 Å². The predicted octanol–water partition coefficient (Wildman–Crippen LogP) is 0.962. The van der Waals surface area contributed by atoms with Gasteiger partial charge >= 0.3 is 0 Å². The van der Waals surface area contributed by atoms with Gasteiger partial charge in [-0.2, -0.15) is 0 Å². The first-order valence-corrected chi connectivity index (χ1v) is 4.40. The summed E-state index contributed by atoms with van der Waals surface area (Å²) in [5.74, 6) is -1.79. The van der Waals surface area contributed by atoms with Gasteiger partial charge in [0.25, 0.3) is 0 Å². The largest absolute Gasteiger partial charge is 0.384 e. The minimum Gasteiger partial charge on any atom is -0.384 e. The smallest absolute Gasteiger partial charge is 0.248 e. The number of carbonyl (C=O) groups excluding carboxylic acids is 1. The molecule has 0 heterocycles. The second kappa shape index (κ2) is 4.84. The minimum absolute atomic E-state index is 0.0454. The van der Waals surface area contributed by atoms with Crippen LogP contribution in [0.2, 0.25) is 0 Å². The molecule has 0 saturated heterocycles. The van der Waals surface area contributed by atoms with E-state index in [0.29, 0.717) is 0 Å². The summed E-state index contributed by atoms with van der Waals surface area (Å²) >= 11 is 0. The van der Waals surface area contributed by atoms with Crippen molar-refractivity contribution in [2.24, 2.45) is 0 Å². The average molecular weight is 215 g/mol. The maximum absolute atomic E-state index is 13.0. The lowest BCUT2D eigenvalue weighted by Crippen LogP contribution is -2.32. The number of carbonyl (C=O) groups is 1. The molecule has 1 amide bonds. The van der Waals surface area contributed by atoms with Crippen molar-refractivity contribution in [1.82, 2.24) is 5.32 Å². The summed E-state index contributed by atoms with van der Waals surface area (Å²) in [5, 5.41) is 11.1. The number of aliphatic hydroxyl groups is 1. The molecule has 0 aliphatic rings. The van der Waals surface area contributed by atoms with Crippen molar-refractivity contribution in [3.05, 3.63) is 35.4 Å². The summed E-state index contributed by atoms with van der Waals surface area (Å²) in [6.07, 6.45) is -1.17. The van der Waals surface area contributed by atoms with Crippen LogP contribution in [0.5, 0.6) is 0 Å². The zero-order valence-corrected chi connectivity index (χ0v) is 8.13. The Morgan fingerprint density at radius 1 is 1.53 bits per heavy atom. The fraction of sp³-hybridized carbons (Fsp3) is 0.300. The normalized spacial score (nSPS) is 12.3. The van der Waals surface area contributed by atoms with Crippen LogP contribution in [-0.4, -0.2) is 17.1 Å². The highest BCUT2D eigenvalue weighted by atomic mass is 19.1. The van der Waals surface area contributed by atoms with Gasteiger partial charge in [-0.25, -0.2) is 8.78 Å². The Morgan fingerprint density at radius 2 is 2.20 bits per heavy atom. The van der Waals surface area contributed by atoms with E-state index < -0.39 is 23.6 Å². The molecule has 0 aliphatic heterocycles. The second-order valence-corrected chi connectivity index (χ2v) is 3.13. The van der Waals surface area contributed by atoms with E-state index in [1.165, 1.54) is 6.92 Å². The first kappa shape index (κ1) is 11.6. The van der Waals surface area contributed by atoms with Crippen molar-refractivity contribution in [2.75, 3.05) is 0 Å². The van der Waals surface area contributed by atoms with E-state index in [9.17, 15) is 13.6 Å². The van der Waals surface area contributed by atoms with Gasteiger partial charge in [-0.3, -0.25) is 4.79 Å². The standard InChI is InChI=1S/C10H11F2NO2/c1-6(14)10(15)13-5-7-4-8(11)2-3-9(7)12/h2-4,6,14H,5H2,1H3,(H,13,15). The monoisotopic (exact) mass is 215 g/mol. The molecule has 1 aromatic rings. The summed E-state index contributed by atoms with van der Waals surface area (Å²) in [7, 11) is 0. The molecular formula is C10H11F2NO2. The minimum atomic E-state index is -1.17. The first-order chi connectivity index (χ1) is 7.00. The summed E-state index contributed by atoms with van der Waals surface area (Å²) in [4.78, 5) is 10.9. The number of nitrogens with one attached hydrogen (secondary N) is 1. The number of halogens is 2. The number of rotatable bonds is 3. The summed E-state index contributed by atoms with van der Waals surface area (Å²) in [6, 6.07) is 2.98. The summed E-state index contributed by atoms with van der Waals surface area (Å²) in [6.45, 7) is 1.14. The van der Waals surface area contributed by atoms with Gasteiger partial charge < -0.3 is 10.4 Å². The van der Waals surface area contributed by atoms with Crippen LogP contribution in [-0.2, 0) is 11.3 Å². The summed E-state index contributed by atoms with van der Waals surface area (Å²) < 4.78 is 25.7. The SMILES string of the molecule is CC(O)C(=O)NCc1cc(F)ccc1F. The Bertz CT molecular complexity index is 366. The number of hydrogen-bond donors (Lipinski definition) is 2. The van der Waals surface area contributed by atoms with Crippen LogP contribution in [0.1, 0.15) is 12.5 Å². The van der Waals surface area contributed by atoms with Gasteiger partial charge in [0, 0.05) is 12.1 Å². The van der Waals surface area contributed by atoms with E-state index in [4.69, 9.17) is 5.11 Å². The second-order valence-electron chi connectivity index (χ2n) is 3.13. The molecule has 15 heavy (non-hydrogen) atoms. The zero-order valence-electron chi connectivity index (χ0n) is 8.13. The highest BCUT2D eigenvalue weighted by Gasteiger charge is 2.09. The van der Waals surface area contributed by atoms with Crippen molar-refractivity contribution in [1.29, 1.82) is 0 Å². The highest BCUT2D eigenvalue weighted by Crippen LogP contribution is 2.09. The lowest BCUT2D eigenvalue weighted by atomic mass is 10.2. The van der Waals surface area contributed by atoms with Crippen molar-refractivity contribution < 1.29 is 18.7 Å². The molecule has 0 radical (unpaired) electrons. The molecular weight excluding hydrogens is 204 g/mol. The van der Waals surface area contributed by atoms with Crippen LogP contribution < -0.4 is 5.32 Å². The van der Waals surface area contributed by atoms with Gasteiger partial charge in [0.1, 0.15) is 17.7 Å². The number of hydrogen-bond acceptors (Lipinski definition) is 2. The lowest BCUT2D eigenvalue weighted by molar-refractivity contribution is -0.128. The molecule has 1 aromatic carbocycles. The number of amides is 1. The molecule has 0 bridgehead atoms. The third-order valence-corrected chi connectivity index (χ3v) is 1.84. The molecule has 0 aromatic heterocycles. The molecule has 3 nitrogen and oxygen atoms in total. The predicted molar refractivity (Wildman–Crippen MR) is 49.9 cm³/mol. The van der Waals surface area contributed by atoms with Crippen LogP contribution in [0, 0.1) is 11.6 Å². The topological polar surface area (TPSA) is 49.3 Å². The van der Waals surface area contributed by atoms with Crippen molar-refractivity contribution in [2.45, 2.75) is 19.6 Å². The lowest BCUT2D eigenvalue weighted by Gasteiger charge is -2.07. The van der Waals surface area contributed by atoms with E-state index in [1.54, 1.807) is 0 Å². The Morgan fingerprint density at radius 3 is 2.80 bits per heavy atom. The van der Waals surface area contributed by atoms with E-state index in [-0.39, 0.29) is 12.1 Å². The van der Waals surface area contributed by atoms with Gasteiger partial charge in [0.2, 0.25) is 5.91 Å². The Labute approximate surface area is 85.7 Å². The Hall–Kier alpha value is -1.49. The maximum atomic E-state index is 13.0. The fourth-order valence-electron chi connectivity index (χ4n) is 1.01. The van der Waals surface area contributed by atoms with Crippen LogP contribution in [0.15, 0.2) is 18.2 Å². The van der Waals surface area contributed by atoms with E-state index in [2.05, 4.69) is 5.32 Å². The molecule has 0 fully saturated rings. The van der Waals surface area contributed by atoms with Crippen molar-refractivity contribution in [3.8, 4) is 0 Å². The molecule has 82 valence electrons. The van der Waals surface area contributed by atoms with Crippen LogP contribution in [0.4, 0.5) is 8.78 Å². The molecule has 1 rings (SSSR count). The van der Waals surface area contributed by atoms with Crippen molar-refractivity contribution in [3.63, 3.8) is 0 Å². The summed E-state index contributed by atoms with van der Waals surface area (Å²) in [5.41, 5.74) is 0.0454. The molecule has 0 spiro atoms. The third kappa shape index (κ3) is 3.28. The van der Waals surface area contributed by atoms with Crippen LogP contribution in [0.3, 0.4) is 0 Å². The van der Waals surface area contributed by atoms with Gasteiger partial charge in [-0.1, -0.05) is 0 Å². The average Bonchev–Trinajstić information content (AvgIpc) is 2.18. The molecule has 0 saturated carbocycles.